The minimum Gasteiger partial charge on any atom is -0.504 e. The Labute approximate surface area is 80.3 Å². The van der Waals surface area contributed by atoms with Gasteiger partial charge < -0.3 is 5.11 Å². The van der Waals surface area contributed by atoms with Crippen molar-refractivity contribution in [3.8, 4) is 5.75 Å². The molecule has 0 radical (unpaired) electrons. The van der Waals surface area contributed by atoms with Crippen LogP contribution in [0.15, 0.2) is 10.7 Å². The lowest BCUT2D eigenvalue weighted by molar-refractivity contribution is 0.141. The van der Waals surface area contributed by atoms with Crippen molar-refractivity contribution in [3.05, 3.63) is 21.4 Å². The van der Waals surface area contributed by atoms with Crippen molar-refractivity contribution in [2.45, 2.75) is 6.43 Å². The lowest BCUT2D eigenvalue weighted by Crippen LogP contribution is -1.91. The summed E-state index contributed by atoms with van der Waals surface area (Å²) in [4.78, 5) is 3.37. The van der Waals surface area contributed by atoms with Gasteiger partial charge in [-0.15, -0.1) is 0 Å². The second-order valence-electron chi connectivity index (χ2n) is 1.96. The molecule has 0 amide bonds. The first-order valence-corrected chi connectivity index (χ1v) is 4.02. The number of pyridine rings is 1. The van der Waals surface area contributed by atoms with Crippen LogP contribution in [0.5, 0.6) is 5.75 Å². The van der Waals surface area contributed by atoms with Gasteiger partial charge in [-0.2, -0.15) is 0 Å². The van der Waals surface area contributed by atoms with Gasteiger partial charge in [0.15, 0.2) is 11.4 Å². The molecule has 1 rings (SSSR count). The van der Waals surface area contributed by atoms with E-state index in [2.05, 4.69) is 20.9 Å². The average molecular weight is 258 g/mol. The Kier molecular flexibility index (Phi) is 2.85. The third-order valence-corrected chi connectivity index (χ3v) is 1.84. The van der Waals surface area contributed by atoms with Gasteiger partial charge in [0.1, 0.15) is 4.60 Å². The molecule has 0 unspecified atom stereocenters. The van der Waals surface area contributed by atoms with Crippen molar-refractivity contribution in [2.24, 2.45) is 0 Å². The molecule has 0 saturated carbocycles. The smallest absolute Gasteiger partial charge is 0.284 e. The summed E-state index contributed by atoms with van der Waals surface area (Å²) in [5.74, 6) is -0.671. The molecule has 6 heteroatoms. The van der Waals surface area contributed by atoms with Crippen molar-refractivity contribution in [1.29, 1.82) is 0 Å². The average Bonchev–Trinajstić information content (AvgIpc) is 1.96. The second kappa shape index (κ2) is 3.53. The molecule has 0 aliphatic rings. The lowest BCUT2D eigenvalue weighted by Gasteiger charge is -2.03. The molecule has 0 saturated heterocycles. The van der Waals surface area contributed by atoms with Crippen LogP contribution in [0.1, 0.15) is 12.1 Å². The van der Waals surface area contributed by atoms with E-state index in [0.717, 1.165) is 0 Å². The lowest BCUT2D eigenvalue weighted by atomic mass is 10.3. The number of aromatic hydroxyl groups is 1. The number of nitrogens with zero attached hydrogens (tertiary/aromatic N) is 1. The molecule has 0 bridgehead atoms. The van der Waals surface area contributed by atoms with Gasteiger partial charge in [0.2, 0.25) is 0 Å². The highest BCUT2D eigenvalue weighted by Crippen LogP contribution is 2.34. The summed E-state index contributed by atoms with van der Waals surface area (Å²) >= 11 is 8.29. The zero-order valence-electron chi connectivity index (χ0n) is 5.56. The molecule has 0 atom stereocenters. The zero-order chi connectivity index (χ0) is 9.30. The van der Waals surface area contributed by atoms with E-state index in [-0.39, 0.29) is 9.63 Å². The summed E-state index contributed by atoms with van der Waals surface area (Å²) < 4.78 is 24.3. The molecule has 2 nitrogen and oxygen atoms in total. The Hall–Kier alpha value is -0.420. The highest BCUT2D eigenvalue weighted by atomic mass is 79.9. The van der Waals surface area contributed by atoms with E-state index in [4.69, 9.17) is 16.7 Å². The molecule has 0 aliphatic carbocycles. The second-order valence-corrected chi connectivity index (χ2v) is 3.18. The summed E-state index contributed by atoms with van der Waals surface area (Å²) in [6.07, 6.45) is -2.83. The molecule has 1 aromatic heterocycles. The quantitative estimate of drug-likeness (QED) is 0.785. The summed E-state index contributed by atoms with van der Waals surface area (Å²) in [5.41, 5.74) is -0.714. The van der Waals surface area contributed by atoms with Crippen molar-refractivity contribution < 1.29 is 13.9 Å². The topological polar surface area (TPSA) is 33.1 Å². The molecule has 1 aromatic rings. The van der Waals surface area contributed by atoms with E-state index >= 15 is 0 Å². The third kappa shape index (κ3) is 1.84. The number of alkyl halides is 2. The Bertz CT molecular complexity index is 308. The van der Waals surface area contributed by atoms with Crippen LogP contribution >= 0.6 is 27.5 Å². The molecule has 66 valence electrons. The van der Waals surface area contributed by atoms with Gasteiger partial charge in [0.05, 0.1) is 5.02 Å². The Balaban J connectivity index is 3.28. The predicted molar refractivity (Wildman–Crippen MR) is 43.6 cm³/mol. The van der Waals surface area contributed by atoms with E-state index in [1.54, 1.807) is 0 Å². The molecule has 0 spiro atoms. The van der Waals surface area contributed by atoms with Crippen LogP contribution in [0.25, 0.3) is 0 Å². The summed E-state index contributed by atoms with van der Waals surface area (Å²) in [6, 6.07) is 1.24. The van der Waals surface area contributed by atoms with E-state index in [1.807, 2.05) is 0 Å². The van der Waals surface area contributed by atoms with Gasteiger partial charge in [0, 0.05) is 0 Å². The molecule has 0 aliphatic heterocycles. The van der Waals surface area contributed by atoms with Crippen molar-refractivity contribution in [1.82, 2.24) is 4.98 Å². The van der Waals surface area contributed by atoms with Gasteiger partial charge >= 0.3 is 0 Å². The summed E-state index contributed by atoms with van der Waals surface area (Å²) in [5, 5.41) is 8.85. The molecule has 12 heavy (non-hydrogen) atoms. The minimum absolute atomic E-state index is 0.146. The molecule has 1 heterocycles. The van der Waals surface area contributed by atoms with Crippen molar-refractivity contribution in [3.63, 3.8) is 0 Å². The first-order valence-electron chi connectivity index (χ1n) is 2.85. The van der Waals surface area contributed by atoms with Crippen LogP contribution in [0, 0.1) is 0 Å². The molecule has 1 N–H and O–H groups in total. The van der Waals surface area contributed by atoms with E-state index in [9.17, 15) is 8.78 Å². The maximum absolute atomic E-state index is 12.1. The predicted octanol–water partition coefficient (Wildman–Crippen LogP) is 3.14. The van der Waals surface area contributed by atoms with Crippen LogP contribution in [0.2, 0.25) is 5.02 Å². The van der Waals surface area contributed by atoms with E-state index in [1.165, 1.54) is 6.07 Å². The molecular weight excluding hydrogens is 255 g/mol. The normalized spacial score (nSPS) is 10.8. The van der Waals surface area contributed by atoms with Gasteiger partial charge in [0.25, 0.3) is 6.43 Å². The van der Waals surface area contributed by atoms with Crippen LogP contribution in [0.4, 0.5) is 8.78 Å². The van der Waals surface area contributed by atoms with E-state index < -0.39 is 17.9 Å². The number of halogens is 4. The first-order chi connectivity index (χ1) is 5.52. The molecule has 0 fully saturated rings. The third-order valence-electron chi connectivity index (χ3n) is 1.15. The Morgan fingerprint density at radius 1 is 1.58 bits per heavy atom. The highest BCUT2D eigenvalue weighted by molar-refractivity contribution is 9.10. The zero-order valence-corrected chi connectivity index (χ0v) is 7.90. The first kappa shape index (κ1) is 9.67. The van der Waals surface area contributed by atoms with Crippen LogP contribution in [-0.2, 0) is 0 Å². The largest absolute Gasteiger partial charge is 0.504 e. The van der Waals surface area contributed by atoms with Gasteiger partial charge in [-0.05, 0) is 22.0 Å². The minimum atomic E-state index is -2.83. The monoisotopic (exact) mass is 257 g/mol. The van der Waals surface area contributed by atoms with Crippen molar-refractivity contribution >= 4 is 27.5 Å². The fourth-order valence-corrected chi connectivity index (χ4v) is 1.40. The number of rotatable bonds is 1. The van der Waals surface area contributed by atoms with E-state index in [0.29, 0.717) is 0 Å². The van der Waals surface area contributed by atoms with Gasteiger partial charge in [-0.1, -0.05) is 11.6 Å². The highest BCUT2D eigenvalue weighted by Gasteiger charge is 2.17. The van der Waals surface area contributed by atoms with Crippen LogP contribution in [0.3, 0.4) is 0 Å². The Morgan fingerprint density at radius 3 is 2.67 bits per heavy atom. The van der Waals surface area contributed by atoms with Crippen LogP contribution < -0.4 is 0 Å². The summed E-state index contributed by atoms with van der Waals surface area (Å²) in [6.45, 7) is 0. The number of hydrogen-bond acceptors (Lipinski definition) is 2. The Morgan fingerprint density at radius 2 is 2.17 bits per heavy atom. The fourth-order valence-electron chi connectivity index (χ4n) is 0.648. The number of aromatic nitrogens is 1. The SMILES string of the molecule is Oc1c(Cl)cc(Br)nc1C(F)F. The van der Waals surface area contributed by atoms with Gasteiger partial charge in [-0.25, -0.2) is 13.8 Å². The maximum atomic E-state index is 12.1. The van der Waals surface area contributed by atoms with Gasteiger partial charge in [-0.3, -0.25) is 0 Å². The van der Waals surface area contributed by atoms with Crippen molar-refractivity contribution in [2.75, 3.05) is 0 Å². The molecule has 0 aromatic carbocycles. The maximum Gasteiger partial charge on any atom is 0.284 e. The fraction of sp³-hybridized carbons (Fsp3) is 0.167. The van der Waals surface area contributed by atoms with Crippen LogP contribution in [-0.4, -0.2) is 10.1 Å². The molecular formula is C6H3BrClF2NO. The number of hydrogen-bond donors (Lipinski definition) is 1. The summed E-state index contributed by atoms with van der Waals surface area (Å²) in [7, 11) is 0. The standard InChI is InChI=1S/C6H3BrClF2NO/c7-3-1-2(8)5(12)4(11-3)6(9)10/h1,6,12H.